The largest absolute Gasteiger partial charge is 0.349 e. The molecule has 0 heterocycles. The van der Waals surface area contributed by atoms with E-state index >= 15 is 0 Å². The molecule has 0 saturated heterocycles. The van der Waals surface area contributed by atoms with E-state index in [1.165, 1.54) is 12.1 Å². The van der Waals surface area contributed by atoms with Gasteiger partial charge in [0.05, 0.1) is 5.56 Å². The first kappa shape index (κ1) is 11.6. The molecule has 4 heteroatoms. The SMILES string of the molecule is O=C(NC1CCCC1)c1cc(F)ccc1Br. The van der Waals surface area contributed by atoms with Crippen LogP contribution in [0.5, 0.6) is 0 Å². The van der Waals surface area contributed by atoms with Gasteiger partial charge in [0.25, 0.3) is 5.91 Å². The molecule has 1 aromatic carbocycles. The molecule has 1 N–H and O–H groups in total. The third-order valence-electron chi connectivity index (χ3n) is 2.86. The Labute approximate surface area is 102 Å². The maximum atomic E-state index is 13.0. The fourth-order valence-electron chi connectivity index (χ4n) is 2.00. The van der Waals surface area contributed by atoms with Gasteiger partial charge in [0, 0.05) is 10.5 Å². The van der Waals surface area contributed by atoms with E-state index in [1.807, 2.05) is 0 Å². The van der Waals surface area contributed by atoms with Crippen molar-refractivity contribution in [2.24, 2.45) is 0 Å². The van der Waals surface area contributed by atoms with E-state index in [0.29, 0.717) is 10.0 Å². The minimum absolute atomic E-state index is 0.196. The van der Waals surface area contributed by atoms with Crippen LogP contribution in [0.3, 0.4) is 0 Å². The van der Waals surface area contributed by atoms with E-state index in [0.717, 1.165) is 25.7 Å². The van der Waals surface area contributed by atoms with Gasteiger partial charge in [-0.15, -0.1) is 0 Å². The van der Waals surface area contributed by atoms with Crippen molar-refractivity contribution >= 4 is 21.8 Å². The summed E-state index contributed by atoms with van der Waals surface area (Å²) in [6.07, 6.45) is 4.38. The molecule has 1 fully saturated rings. The Morgan fingerprint density at radius 1 is 1.38 bits per heavy atom. The van der Waals surface area contributed by atoms with Crippen molar-refractivity contribution in [3.8, 4) is 0 Å². The van der Waals surface area contributed by atoms with Crippen molar-refractivity contribution in [3.05, 3.63) is 34.1 Å². The zero-order valence-corrected chi connectivity index (χ0v) is 10.4. The van der Waals surface area contributed by atoms with Crippen molar-refractivity contribution in [1.29, 1.82) is 0 Å². The van der Waals surface area contributed by atoms with Gasteiger partial charge in [-0.3, -0.25) is 4.79 Å². The van der Waals surface area contributed by atoms with Crippen LogP contribution in [0.2, 0.25) is 0 Å². The lowest BCUT2D eigenvalue weighted by Crippen LogP contribution is -2.32. The molecule has 1 saturated carbocycles. The summed E-state index contributed by atoms with van der Waals surface area (Å²) >= 11 is 3.25. The van der Waals surface area contributed by atoms with Gasteiger partial charge in [-0.25, -0.2) is 4.39 Å². The van der Waals surface area contributed by atoms with Gasteiger partial charge in [-0.2, -0.15) is 0 Å². The molecular weight excluding hydrogens is 273 g/mol. The summed E-state index contributed by atoms with van der Waals surface area (Å²) in [6.45, 7) is 0. The molecular formula is C12H13BrFNO. The van der Waals surface area contributed by atoms with Crippen LogP contribution in [0, 0.1) is 5.82 Å². The molecule has 1 aromatic rings. The smallest absolute Gasteiger partial charge is 0.252 e. The Balaban J connectivity index is 2.10. The molecule has 0 bridgehead atoms. The third-order valence-corrected chi connectivity index (χ3v) is 3.55. The Kier molecular flexibility index (Phi) is 3.59. The number of carbonyl (C=O) groups is 1. The first-order valence-corrected chi connectivity index (χ1v) is 6.22. The zero-order valence-electron chi connectivity index (χ0n) is 8.80. The van der Waals surface area contributed by atoms with Crippen LogP contribution >= 0.6 is 15.9 Å². The number of halogens is 2. The Hall–Kier alpha value is -0.900. The fourth-order valence-corrected chi connectivity index (χ4v) is 2.43. The molecule has 16 heavy (non-hydrogen) atoms. The van der Waals surface area contributed by atoms with Gasteiger partial charge in [-0.1, -0.05) is 12.8 Å². The zero-order chi connectivity index (χ0) is 11.5. The maximum Gasteiger partial charge on any atom is 0.252 e. The Morgan fingerprint density at radius 3 is 2.75 bits per heavy atom. The van der Waals surface area contributed by atoms with Gasteiger partial charge < -0.3 is 5.32 Å². The first-order valence-electron chi connectivity index (χ1n) is 5.43. The van der Waals surface area contributed by atoms with Gasteiger partial charge in [0.1, 0.15) is 5.82 Å². The summed E-state index contributed by atoms with van der Waals surface area (Å²) in [6, 6.07) is 4.40. The van der Waals surface area contributed by atoms with Crippen molar-refractivity contribution in [2.45, 2.75) is 31.7 Å². The van der Waals surface area contributed by atoms with E-state index in [2.05, 4.69) is 21.2 Å². The molecule has 0 spiro atoms. The second-order valence-electron chi connectivity index (χ2n) is 4.08. The third kappa shape index (κ3) is 2.61. The lowest BCUT2D eigenvalue weighted by molar-refractivity contribution is 0.0936. The maximum absolute atomic E-state index is 13.0. The summed E-state index contributed by atoms with van der Waals surface area (Å²) in [4.78, 5) is 11.9. The van der Waals surface area contributed by atoms with Crippen molar-refractivity contribution < 1.29 is 9.18 Å². The lowest BCUT2D eigenvalue weighted by atomic mass is 10.2. The van der Waals surface area contributed by atoms with Crippen LogP contribution in [-0.2, 0) is 0 Å². The minimum atomic E-state index is -0.389. The number of carbonyl (C=O) groups excluding carboxylic acids is 1. The highest BCUT2D eigenvalue weighted by Crippen LogP contribution is 2.21. The standard InChI is InChI=1S/C12H13BrFNO/c13-11-6-5-8(14)7-10(11)12(16)15-9-3-1-2-4-9/h5-7,9H,1-4H2,(H,15,16). The summed E-state index contributed by atoms with van der Waals surface area (Å²) in [5.41, 5.74) is 0.368. The summed E-state index contributed by atoms with van der Waals surface area (Å²) in [7, 11) is 0. The van der Waals surface area contributed by atoms with Crippen LogP contribution in [0.25, 0.3) is 0 Å². The molecule has 1 aliphatic rings. The molecule has 1 aliphatic carbocycles. The van der Waals surface area contributed by atoms with Crippen LogP contribution in [0.1, 0.15) is 36.0 Å². The molecule has 2 rings (SSSR count). The van der Waals surface area contributed by atoms with Gasteiger partial charge >= 0.3 is 0 Å². The number of amides is 1. The number of benzene rings is 1. The highest BCUT2D eigenvalue weighted by Gasteiger charge is 2.19. The van der Waals surface area contributed by atoms with E-state index in [4.69, 9.17) is 0 Å². The van der Waals surface area contributed by atoms with Gasteiger partial charge in [0.2, 0.25) is 0 Å². The normalized spacial score (nSPS) is 16.4. The van der Waals surface area contributed by atoms with Crippen molar-refractivity contribution in [1.82, 2.24) is 5.32 Å². The van der Waals surface area contributed by atoms with Gasteiger partial charge in [-0.05, 0) is 47.0 Å². The highest BCUT2D eigenvalue weighted by atomic mass is 79.9. The van der Waals surface area contributed by atoms with Crippen molar-refractivity contribution in [2.75, 3.05) is 0 Å². The fraction of sp³-hybridized carbons (Fsp3) is 0.417. The second-order valence-corrected chi connectivity index (χ2v) is 4.93. The summed E-state index contributed by atoms with van der Waals surface area (Å²) in [5.74, 6) is -0.585. The molecule has 1 amide bonds. The predicted octanol–water partition coefficient (Wildman–Crippen LogP) is 3.26. The van der Waals surface area contributed by atoms with Crippen LogP contribution < -0.4 is 5.32 Å². The average molecular weight is 286 g/mol. The Morgan fingerprint density at radius 2 is 2.06 bits per heavy atom. The van der Waals surface area contributed by atoms with E-state index in [-0.39, 0.29) is 17.8 Å². The molecule has 0 atom stereocenters. The quantitative estimate of drug-likeness (QED) is 0.888. The first-order chi connectivity index (χ1) is 7.66. The molecule has 0 unspecified atom stereocenters. The topological polar surface area (TPSA) is 29.1 Å². The molecule has 86 valence electrons. The second kappa shape index (κ2) is 4.95. The summed E-state index contributed by atoms with van der Waals surface area (Å²) < 4.78 is 13.6. The number of rotatable bonds is 2. The lowest BCUT2D eigenvalue weighted by Gasteiger charge is -2.12. The van der Waals surface area contributed by atoms with E-state index in [1.54, 1.807) is 6.07 Å². The number of nitrogens with one attached hydrogen (secondary N) is 1. The van der Waals surface area contributed by atoms with E-state index in [9.17, 15) is 9.18 Å². The van der Waals surface area contributed by atoms with E-state index < -0.39 is 0 Å². The highest BCUT2D eigenvalue weighted by molar-refractivity contribution is 9.10. The summed E-state index contributed by atoms with van der Waals surface area (Å²) in [5, 5.41) is 2.93. The van der Waals surface area contributed by atoms with Gasteiger partial charge in [0.15, 0.2) is 0 Å². The number of hydrogen-bond donors (Lipinski definition) is 1. The van der Waals surface area contributed by atoms with Crippen LogP contribution in [0.4, 0.5) is 4.39 Å². The van der Waals surface area contributed by atoms with Crippen molar-refractivity contribution in [3.63, 3.8) is 0 Å². The Bertz CT molecular complexity index is 402. The molecule has 0 aromatic heterocycles. The minimum Gasteiger partial charge on any atom is -0.349 e. The molecule has 0 aliphatic heterocycles. The molecule has 2 nitrogen and oxygen atoms in total. The average Bonchev–Trinajstić information content (AvgIpc) is 2.74. The van der Waals surface area contributed by atoms with Crippen LogP contribution in [-0.4, -0.2) is 11.9 Å². The number of hydrogen-bond acceptors (Lipinski definition) is 1. The monoisotopic (exact) mass is 285 g/mol. The van der Waals surface area contributed by atoms with Crippen LogP contribution in [0.15, 0.2) is 22.7 Å². The molecule has 0 radical (unpaired) electrons. The predicted molar refractivity (Wildman–Crippen MR) is 63.8 cm³/mol.